The summed E-state index contributed by atoms with van der Waals surface area (Å²) in [7, 11) is 0. The zero-order valence-electron chi connectivity index (χ0n) is 17.9. The summed E-state index contributed by atoms with van der Waals surface area (Å²) >= 11 is 0. The Morgan fingerprint density at radius 1 is 1.17 bits per heavy atom. The van der Waals surface area contributed by atoms with Crippen LogP contribution in [0.3, 0.4) is 0 Å². The predicted molar refractivity (Wildman–Crippen MR) is 109 cm³/mol. The van der Waals surface area contributed by atoms with Gasteiger partial charge in [-0.15, -0.1) is 0 Å². The van der Waals surface area contributed by atoms with Gasteiger partial charge in [0.05, 0.1) is 0 Å². The summed E-state index contributed by atoms with van der Waals surface area (Å²) in [5, 5.41) is 2.67. The molecule has 1 aliphatic rings. The molecule has 7 nitrogen and oxygen atoms in total. The Labute approximate surface area is 172 Å². The molecule has 0 aromatic heterocycles. The van der Waals surface area contributed by atoms with Crippen LogP contribution in [0.2, 0.25) is 0 Å². The Bertz CT molecular complexity index is 712. The molecule has 0 spiro atoms. The van der Waals surface area contributed by atoms with Crippen molar-refractivity contribution in [2.75, 3.05) is 6.54 Å². The third-order valence-electron chi connectivity index (χ3n) is 4.63. The normalized spacial score (nSPS) is 17.7. The minimum Gasteiger partial charge on any atom is -0.458 e. The molecule has 0 aliphatic carbocycles. The highest BCUT2D eigenvalue weighted by Gasteiger charge is 2.40. The van der Waals surface area contributed by atoms with Gasteiger partial charge in [-0.3, -0.25) is 4.79 Å². The molecule has 0 bridgehead atoms. The van der Waals surface area contributed by atoms with Crippen molar-refractivity contribution in [2.24, 2.45) is 5.92 Å². The van der Waals surface area contributed by atoms with Crippen molar-refractivity contribution in [3.63, 3.8) is 0 Å². The van der Waals surface area contributed by atoms with Crippen LogP contribution in [0.1, 0.15) is 53.0 Å². The first-order valence-corrected chi connectivity index (χ1v) is 10.1. The Balaban J connectivity index is 2.00. The van der Waals surface area contributed by atoms with Gasteiger partial charge in [-0.1, -0.05) is 44.2 Å². The molecule has 1 fully saturated rings. The maximum absolute atomic E-state index is 13.1. The maximum Gasteiger partial charge on any atom is 0.408 e. The molecule has 1 aliphatic heterocycles. The lowest BCUT2D eigenvalue weighted by atomic mass is 10.0. The molecule has 7 heteroatoms. The van der Waals surface area contributed by atoms with Gasteiger partial charge >= 0.3 is 12.1 Å². The molecule has 160 valence electrons. The maximum atomic E-state index is 13.1. The molecule has 1 heterocycles. The fourth-order valence-electron chi connectivity index (χ4n) is 3.23. The summed E-state index contributed by atoms with van der Waals surface area (Å²) in [6.07, 6.45) is 0.622. The molecule has 1 saturated heterocycles. The van der Waals surface area contributed by atoms with Gasteiger partial charge in [0.25, 0.3) is 0 Å². The molecular weight excluding hydrogens is 372 g/mol. The monoisotopic (exact) mass is 404 g/mol. The summed E-state index contributed by atoms with van der Waals surface area (Å²) in [6.45, 7) is 9.67. The number of carbonyl (C=O) groups is 3. The standard InChI is InChI=1S/C22H32N2O5/c1-15(2)18(23-21(27)28-14-16-10-7-6-8-11-16)19(25)24-13-9-12-17(24)20(26)29-22(3,4)5/h6-8,10-11,15,17-18H,9,12-14H2,1-5H3,(H,23,27)/t17-,18-/m0/s1. The highest BCUT2D eigenvalue weighted by Crippen LogP contribution is 2.23. The highest BCUT2D eigenvalue weighted by atomic mass is 16.6. The fourth-order valence-corrected chi connectivity index (χ4v) is 3.23. The van der Waals surface area contributed by atoms with E-state index in [-0.39, 0.29) is 18.4 Å². The summed E-state index contributed by atoms with van der Waals surface area (Å²) in [6, 6.07) is 7.92. The lowest BCUT2D eigenvalue weighted by Gasteiger charge is -2.31. The second kappa shape index (κ2) is 9.76. The fraction of sp³-hybridized carbons (Fsp3) is 0.591. The van der Waals surface area contributed by atoms with E-state index in [1.807, 2.05) is 44.2 Å². The van der Waals surface area contributed by atoms with Gasteiger partial charge in [0, 0.05) is 6.54 Å². The summed E-state index contributed by atoms with van der Waals surface area (Å²) < 4.78 is 10.7. The van der Waals surface area contributed by atoms with Gasteiger partial charge in [0.15, 0.2) is 0 Å². The van der Waals surface area contributed by atoms with E-state index in [4.69, 9.17) is 9.47 Å². The van der Waals surface area contributed by atoms with Crippen molar-refractivity contribution >= 4 is 18.0 Å². The topological polar surface area (TPSA) is 84.9 Å². The van der Waals surface area contributed by atoms with Crippen LogP contribution in [0.15, 0.2) is 30.3 Å². The number of hydrogen-bond donors (Lipinski definition) is 1. The van der Waals surface area contributed by atoms with Crippen molar-refractivity contribution in [1.29, 1.82) is 0 Å². The van der Waals surface area contributed by atoms with E-state index < -0.39 is 29.7 Å². The minimum absolute atomic E-state index is 0.121. The molecule has 2 amide bonds. The molecule has 0 radical (unpaired) electrons. The van der Waals surface area contributed by atoms with Crippen LogP contribution in [-0.2, 0) is 25.7 Å². The molecule has 0 saturated carbocycles. The minimum atomic E-state index is -0.777. The SMILES string of the molecule is CC(C)[C@H](NC(=O)OCc1ccccc1)C(=O)N1CCC[C@H]1C(=O)OC(C)(C)C. The number of alkyl carbamates (subject to hydrolysis) is 1. The largest absolute Gasteiger partial charge is 0.458 e. The first-order chi connectivity index (χ1) is 13.6. The van der Waals surface area contributed by atoms with Gasteiger partial charge in [-0.25, -0.2) is 9.59 Å². The van der Waals surface area contributed by atoms with Crippen molar-refractivity contribution in [3.8, 4) is 0 Å². The zero-order valence-corrected chi connectivity index (χ0v) is 17.9. The van der Waals surface area contributed by atoms with E-state index in [9.17, 15) is 14.4 Å². The quantitative estimate of drug-likeness (QED) is 0.736. The predicted octanol–water partition coefficient (Wildman–Crippen LogP) is 3.27. The number of benzene rings is 1. The van der Waals surface area contributed by atoms with Crippen LogP contribution in [0.25, 0.3) is 0 Å². The summed E-state index contributed by atoms with van der Waals surface area (Å²) in [4.78, 5) is 39.4. The van der Waals surface area contributed by atoms with E-state index in [2.05, 4.69) is 5.32 Å². The zero-order chi connectivity index (χ0) is 21.6. The third-order valence-corrected chi connectivity index (χ3v) is 4.63. The second-order valence-corrected chi connectivity index (χ2v) is 8.65. The molecule has 1 aromatic rings. The average molecular weight is 405 g/mol. The molecule has 0 unspecified atom stereocenters. The summed E-state index contributed by atoms with van der Waals surface area (Å²) in [5.74, 6) is -0.853. The molecule has 29 heavy (non-hydrogen) atoms. The van der Waals surface area contributed by atoms with E-state index in [1.165, 1.54) is 4.90 Å². The first-order valence-electron chi connectivity index (χ1n) is 10.1. The Kier molecular flexibility index (Phi) is 7.65. The number of nitrogens with zero attached hydrogens (tertiary/aromatic N) is 1. The third kappa shape index (κ3) is 6.76. The van der Waals surface area contributed by atoms with Crippen LogP contribution in [0.4, 0.5) is 4.79 Å². The number of hydrogen-bond acceptors (Lipinski definition) is 5. The van der Waals surface area contributed by atoms with Crippen LogP contribution in [0, 0.1) is 5.92 Å². The van der Waals surface area contributed by atoms with E-state index in [0.717, 1.165) is 12.0 Å². The number of ether oxygens (including phenoxy) is 2. The number of likely N-dealkylation sites (tertiary alicyclic amines) is 1. The lowest BCUT2D eigenvalue weighted by molar-refractivity contribution is -0.163. The van der Waals surface area contributed by atoms with Crippen molar-refractivity contribution in [1.82, 2.24) is 10.2 Å². The molecule has 1 N–H and O–H groups in total. The first kappa shape index (κ1) is 22.7. The number of esters is 1. The number of nitrogens with one attached hydrogen (secondary N) is 1. The highest BCUT2D eigenvalue weighted by molar-refractivity contribution is 5.90. The number of carbonyl (C=O) groups excluding carboxylic acids is 3. The Morgan fingerprint density at radius 2 is 1.83 bits per heavy atom. The van der Waals surface area contributed by atoms with Gasteiger partial charge in [-0.2, -0.15) is 0 Å². The smallest absolute Gasteiger partial charge is 0.408 e. The number of rotatable bonds is 6. The van der Waals surface area contributed by atoms with Gasteiger partial charge in [-0.05, 0) is 45.1 Å². The van der Waals surface area contributed by atoms with E-state index >= 15 is 0 Å². The Hall–Kier alpha value is -2.57. The van der Waals surface area contributed by atoms with E-state index in [1.54, 1.807) is 20.8 Å². The molecule has 2 rings (SSSR count). The van der Waals surface area contributed by atoms with Gasteiger partial charge in [0.2, 0.25) is 5.91 Å². The van der Waals surface area contributed by atoms with E-state index in [0.29, 0.717) is 13.0 Å². The van der Waals surface area contributed by atoms with Gasteiger partial charge in [0.1, 0.15) is 24.3 Å². The summed E-state index contributed by atoms with van der Waals surface area (Å²) in [5.41, 5.74) is 0.241. The van der Waals surface area contributed by atoms with Crippen LogP contribution >= 0.6 is 0 Å². The molecular formula is C22H32N2O5. The molecule has 1 aromatic carbocycles. The van der Waals surface area contributed by atoms with Crippen LogP contribution in [-0.4, -0.2) is 47.1 Å². The van der Waals surface area contributed by atoms with Crippen LogP contribution < -0.4 is 5.32 Å². The van der Waals surface area contributed by atoms with Gasteiger partial charge < -0.3 is 19.7 Å². The number of amides is 2. The van der Waals surface area contributed by atoms with Crippen LogP contribution in [0.5, 0.6) is 0 Å². The lowest BCUT2D eigenvalue weighted by Crippen LogP contribution is -2.54. The van der Waals surface area contributed by atoms with Crippen molar-refractivity contribution in [2.45, 2.75) is 71.8 Å². The Morgan fingerprint density at radius 3 is 2.41 bits per heavy atom. The average Bonchev–Trinajstić information content (AvgIpc) is 3.13. The van der Waals surface area contributed by atoms with Crippen molar-refractivity contribution in [3.05, 3.63) is 35.9 Å². The second-order valence-electron chi connectivity index (χ2n) is 8.65. The van der Waals surface area contributed by atoms with Crippen molar-refractivity contribution < 1.29 is 23.9 Å². The molecule has 2 atom stereocenters.